The van der Waals surface area contributed by atoms with E-state index >= 15 is 0 Å². The quantitative estimate of drug-likeness (QED) is 0.803. The first-order chi connectivity index (χ1) is 9.61. The minimum absolute atomic E-state index is 0.0669. The van der Waals surface area contributed by atoms with Crippen LogP contribution in [-0.4, -0.2) is 24.6 Å². The number of carbonyl (C=O) groups excluding carboxylic acids is 2. The zero-order chi connectivity index (χ0) is 14.8. The van der Waals surface area contributed by atoms with Gasteiger partial charge in [-0.05, 0) is 18.9 Å². The van der Waals surface area contributed by atoms with Gasteiger partial charge in [0.2, 0.25) is 5.91 Å². The summed E-state index contributed by atoms with van der Waals surface area (Å²) in [7, 11) is 0. The van der Waals surface area contributed by atoms with Gasteiger partial charge in [-0.1, -0.05) is 37.3 Å². The number of ether oxygens (including phenoxy) is 1. The summed E-state index contributed by atoms with van der Waals surface area (Å²) in [4.78, 5) is 22.9. The van der Waals surface area contributed by atoms with Crippen LogP contribution in [0.5, 0.6) is 0 Å². The van der Waals surface area contributed by atoms with Crippen molar-refractivity contribution in [2.24, 2.45) is 0 Å². The van der Waals surface area contributed by atoms with Gasteiger partial charge in [-0.2, -0.15) is 0 Å². The van der Waals surface area contributed by atoms with E-state index in [0.717, 1.165) is 12.0 Å². The minimum Gasteiger partial charge on any atom is -0.445 e. The van der Waals surface area contributed by atoms with Gasteiger partial charge >= 0.3 is 6.09 Å². The Morgan fingerprint density at radius 2 is 1.95 bits per heavy atom. The standard InChI is InChI=1S/C15H22N2O3/c1-3-12(2)17-14(18)9-10-16-15(19)20-11-13-7-5-4-6-8-13/h4-8,12H,3,9-11H2,1-2H3,(H,16,19)(H,17,18)/t12-/m1/s1. The Labute approximate surface area is 119 Å². The number of nitrogens with one attached hydrogen (secondary N) is 2. The molecule has 2 amide bonds. The fourth-order valence-electron chi connectivity index (χ4n) is 1.50. The fraction of sp³-hybridized carbons (Fsp3) is 0.467. The summed E-state index contributed by atoms with van der Waals surface area (Å²) in [6, 6.07) is 9.60. The Kier molecular flexibility index (Phi) is 7.17. The zero-order valence-electron chi connectivity index (χ0n) is 12.0. The van der Waals surface area contributed by atoms with Crippen LogP contribution < -0.4 is 10.6 Å². The van der Waals surface area contributed by atoms with E-state index in [-0.39, 0.29) is 31.5 Å². The van der Waals surface area contributed by atoms with Crippen molar-refractivity contribution in [2.75, 3.05) is 6.54 Å². The van der Waals surface area contributed by atoms with E-state index in [1.165, 1.54) is 0 Å². The molecule has 0 fully saturated rings. The average Bonchev–Trinajstić information content (AvgIpc) is 2.46. The summed E-state index contributed by atoms with van der Waals surface area (Å²) < 4.78 is 5.03. The molecule has 0 saturated carbocycles. The maximum Gasteiger partial charge on any atom is 0.407 e. The predicted octanol–water partition coefficient (Wildman–Crippen LogP) is 2.22. The first-order valence-electron chi connectivity index (χ1n) is 6.85. The number of hydrogen-bond acceptors (Lipinski definition) is 3. The number of benzene rings is 1. The van der Waals surface area contributed by atoms with Crippen LogP contribution in [0.1, 0.15) is 32.3 Å². The molecule has 5 heteroatoms. The number of amides is 2. The van der Waals surface area contributed by atoms with E-state index in [4.69, 9.17) is 4.74 Å². The van der Waals surface area contributed by atoms with Crippen LogP contribution in [0.2, 0.25) is 0 Å². The molecule has 5 nitrogen and oxygen atoms in total. The minimum atomic E-state index is -0.509. The molecule has 0 bridgehead atoms. The summed E-state index contributed by atoms with van der Waals surface area (Å²) >= 11 is 0. The highest BCUT2D eigenvalue weighted by Crippen LogP contribution is 2.00. The Hall–Kier alpha value is -2.04. The number of carbonyl (C=O) groups is 2. The van der Waals surface area contributed by atoms with Crippen LogP contribution in [0.15, 0.2) is 30.3 Å². The lowest BCUT2D eigenvalue weighted by Gasteiger charge is -2.11. The van der Waals surface area contributed by atoms with Crippen LogP contribution in [0, 0.1) is 0 Å². The Morgan fingerprint density at radius 1 is 1.25 bits per heavy atom. The van der Waals surface area contributed by atoms with Crippen molar-refractivity contribution < 1.29 is 14.3 Å². The highest BCUT2D eigenvalue weighted by Gasteiger charge is 2.07. The highest BCUT2D eigenvalue weighted by atomic mass is 16.5. The maximum absolute atomic E-state index is 11.5. The van der Waals surface area contributed by atoms with Gasteiger partial charge in [-0.25, -0.2) is 4.79 Å². The van der Waals surface area contributed by atoms with Crippen LogP contribution in [0.4, 0.5) is 4.79 Å². The average molecular weight is 278 g/mol. The Balaban J connectivity index is 2.13. The van der Waals surface area contributed by atoms with Crippen molar-refractivity contribution in [3.63, 3.8) is 0 Å². The van der Waals surface area contributed by atoms with Crippen molar-refractivity contribution in [2.45, 2.75) is 39.3 Å². The lowest BCUT2D eigenvalue weighted by molar-refractivity contribution is -0.121. The SMILES string of the molecule is CC[C@@H](C)NC(=O)CCNC(=O)OCc1ccccc1. The van der Waals surface area contributed by atoms with Crippen LogP contribution >= 0.6 is 0 Å². The maximum atomic E-state index is 11.5. The summed E-state index contributed by atoms with van der Waals surface area (Å²) in [5, 5.41) is 5.38. The molecule has 0 spiro atoms. The van der Waals surface area contributed by atoms with E-state index in [1.54, 1.807) is 0 Å². The van der Waals surface area contributed by atoms with E-state index < -0.39 is 6.09 Å². The summed E-state index contributed by atoms with van der Waals surface area (Å²) in [5.41, 5.74) is 0.928. The zero-order valence-corrected chi connectivity index (χ0v) is 12.0. The molecule has 0 aromatic heterocycles. The van der Waals surface area contributed by atoms with Gasteiger partial charge in [-0.3, -0.25) is 4.79 Å². The van der Waals surface area contributed by atoms with E-state index in [9.17, 15) is 9.59 Å². The van der Waals surface area contributed by atoms with Gasteiger partial charge in [0.1, 0.15) is 6.61 Å². The first-order valence-corrected chi connectivity index (χ1v) is 6.85. The third kappa shape index (κ3) is 6.78. The molecule has 0 saturated heterocycles. The second-order valence-electron chi connectivity index (χ2n) is 4.62. The van der Waals surface area contributed by atoms with Gasteiger partial charge in [0, 0.05) is 19.0 Å². The molecule has 1 aromatic carbocycles. The number of hydrogen-bond donors (Lipinski definition) is 2. The highest BCUT2D eigenvalue weighted by molar-refractivity contribution is 5.77. The molecule has 0 aliphatic carbocycles. The van der Waals surface area contributed by atoms with E-state index in [0.29, 0.717) is 0 Å². The third-order valence-electron chi connectivity index (χ3n) is 2.85. The van der Waals surface area contributed by atoms with E-state index in [2.05, 4.69) is 10.6 Å². The second-order valence-corrected chi connectivity index (χ2v) is 4.62. The van der Waals surface area contributed by atoms with Gasteiger partial charge in [0.25, 0.3) is 0 Å². The molecule has 2 N–H and O–H groups in total. The lowest BCUT2D eigenvalue weighted by atomic mass is 10.2. The molecule has 0 aliphatic rings. The van der Waals surface area contributed by atoms with Crippen LogP contribution in [0.3, 0.4) is 0 Å². The van der Waals surface area contributed by atoms with Crippen LogP contribution in [0.25, 0.3) is 0 Å². The van der Waals surface area contributed by atoms with Crippen LogP contribution in [-0.2, 0) is 16.1 Å². The summed E-state index contributed by atoms with van der Waals surface area (Å²) in [5.74, 6) is -0.0669. The monoisotopic (exact) mass is 278 g/mol. The van der Waals surface area contributed by atoms with Gasteiger partial charge in [-0.15, -0.1) is 0 Å². The molecule has 0 heterocycles. The second kappa shape index (κ2) is 8.96. The van der Waals surface area contributed by atoms with Gasteiger partial charge in [0.05, 0.1) is 0 Å². The topological polar surface area (TPSA) is 67.4 Å². The molecule has 0 unspecified atom stereocenters. The molecular formula is C15H22N2O3. The molecule has 0 radical (unpaired) electrons. The van der Waals surface area contributed by atoms with Crippen molar-refractivity contribution in [1.82, 2.24) is 10.6 Å². The smallest absolute Gasteiger partial charge is 0.407 e. The number of rotatable bonds is 7. The summed E-state index contributed by atoms with van der Waals surface area (Å²) in [6.45, 7) is 4.45. The molecular weight excluding hydrogens is 256 g/mol. The normalized spacial score (nSPS) is 11.5. The Bertz CT molecular complexity index is 420. The van der Waals surface area contributed by atoms with Crippen molar-refractivity contribution in [3.05, 3.63) is 35.9 Å². The fourth-order valence-corrected chi connectivity index (χ4v) is 1.50. The van der Waals surface area contributed by atoms with Gasteiger partial charge < -0.3 is 15.4 Å². The molecule has 110 valence electrons. The number of alkyl carbamates (subject to hydrolysis) is 1. The summed E-state index contributed by atoms with van der Waals surface area (Å²) in [6.07, 6.45) is 0.633. The molecule has 1 aromatic rings. The lowest BCUT2D eigenvalue weighted by Crippen LogP contribution is -2.35. The first kappa shape index (κ1) is 16.0. The van der Waals surface area contributed by atoms with E-state index in [1.807, 2.05) is 44.2 Å². The molecule has 0 aliphatic heterocycles. The molecule has 1 atom stereocenters. The predicted molar refractivity (Wildman–Crippen MR) is 77.1 cm³/mol. The molecule has 1 rings (SSSR count). The van der Waals surface area contributed by atoms with Crippen molar-refractivity contribution in [1.29, 1.82) is 0 Å². The van der Waals surface area contributed by atoms with Crippen molar-refractivity contribution >= 4 is 12.0 Å². The largest absolute Gasteiger partial charge is 0.445 e. The third-order valence-corrected chi connectivity index (χ3v) is 2.85. The Morgan fingerprint density at radius 3 is 2.60 bits per heavy atom. The van der Waals surface area contributed by atoms with Gasteiger partial charge in [0.15, 0.2) is 0 Å². The van der Waals surface area contributed by atoms with Crippen molar-refractivity contribution in [3.8, 4) is 0 Å². The molecule has 20 heavy (non-hydrogen) atoms.